The first-order valence-corrected chi connectivity index (χ1v) is 8.37. The molecule has 1 heterocycles. The quantitative estimate of drug-likeness (QED) is 0.738. The van der Waals surface area contributed by atoms with Crippen molar-refractivity contribution >= 4 is 23.2 Å². The molecule has 128 valence electrons. The van der Waals surface area contributed by atoms with Gasteiger partial charge in [-0.05, 0) is 36.4 Å². The molecule has 0 aliphatic heterocycles. The summed E-state index contributed by atoms with van der Waals surface area (Å²) >= 11 is 6.19. The van der Waals surface area contributed by atoms with Crippen molar-refractivity contribution in [2.45, 2.75) is 0 Å². The summed E-state index contributed by atoms with van der Waals surface area (Å²) < 4.78 is 1.69. The molecule has 3 rings (SSSR count). The third-order valence-electron chi connectivity index (χ3n) is 3.89. The van der Waals surface area contributed by atoms with Crippen LogP contribution in [-0.4, -0.2) is 35.8 Å². The number of amides is 1. The van der Waals surface area contributed by atoms with E-state index in [2.05, 4.69) is 15.3 Å². The summed E-state index contributed by atoms with van der Waals surface area (Å²) in [7, 11) is 1.99. The third-order valence-corrected chi connectivity index (χ3v) is 4.22. The Morgan fingerprint density at radius 1 is 1.20 bits per heavy atom. The molecule has 0 bridgehead atoms. The summed E-state index contributed by atoms with van der Waals surface area (Å²) in [5, 5.41) is 7.51. The summed E-state index contributed by atoms with van der Waals surface area (Å²) in [4.78, 5) is 14.5. The second kappa shape index (κ2) is 7.85. The van der Waals surface area contributed by atoms with E-state index in [4.69, 9.17) is 11.6 Å². The highest BCUT2D eigenvalue weighted by molar-refractivity contribution is 6.33. The molecule has 1 amide bonds. The molecule has 0 aliphatic rings. The number of carbonyl (C=O) groups excluding carboxylic acids is 1. The van der Waals surface area contributed by atoms with E-state index in [0.717, 1.165) is 11.4 Å². The predicted molar refractivity (Wildman–Crippen MR) is 101 cm³/mol. The van der Waals surface area contributed by atoms with Gasteiger partial charge >= 0.3 is 0 Å². The number of nitrogens with zero attached hydrogens (tertiary/aromatic N) is 3. The van der Waals surface area contributed by atoms with Crippen LogP contribution in [0.2, 0.25) is 5.02 Å². The lowest BCUT2D eigenvalue weighted by Gasteiger charge is -2.19. The molecular weight excluding hydrogens is 336 g/mol. The second-order valence-electron chi connectivity index (χ2n) is 5.63. The number of para-hydroxylation sites is 1. The normalized spacial score (nSPS) is 10.5. The van der Waals surface area contributed by atoms with E-state index < -0.39 is 0 Å². The van der Waals surface area contributed by atoms with E-state index in [9.17, 15) is 4.79 Å². The number of likely N-dealkylation sites (N-methyl/N-ethyl adjacent to an activating group) is 1. The molecule has 0 atom stereocenters. The molecule has 5 nitrogen and oxygen atoms in total. The second-order valence-corrected chi connectivity index (χ2v) is 6.03. The molecule has 0 unspecified atom stereocenters. The van der Waals surface area contributed by atoms with Crippen LogP contribution in [0.4, 0.5) is 5.69 Å². The lowest BCUT2D eigenvalue weighted by atomic mass is 10.2. The van der Waals surface area contributed by atoms with Gasteiger partial charge in [0.15, 0.2) is 0 Å². The Morgan fingerprint density at radius 3 is 2.72 bits per heavy atom. The van der Waals surface area contributed by atoms with E-state index in [-0.39, 0.29) is 5.91 Å². The Labute approximate surface area is 151 Å². The molecule has 0 aliphatic carbocycles. The maximum Gasteiger partial charge on any atom is 0.252 e. The standard InChI is InChI=1S/C19H19ClN4O/c1-23(15-6-3-2-4-7-15)13-11-21-19(25)17-14-16(8-9-18(17)20)24-12-5-10-22-24/h2-10,12,14H,11,13H2,1H3,(H,21,25). The monoisotopic (exact) mass is 354 g/mol. The fourth-order valence-electron chi connectivity index (χ4n) is 2.50. The van der Waals surface area contributed by atoms with E-state index in [1.54, 1.807) is 23.0 Å². The fourth-order valence-corrected chi connectivity index (χ4v) is 2.70. The van der Waals surface area contributed by atoms with Crippen molar-refractivity contribution < 1.29 is 4.79 Å². The molecule has 3 aromatic rings. The number of halogens is 1. The van der Waals surface area contributed by atoms with Gasteiger partial charge < -0.3 is 10.2 Å². The van der Waals surface area contributed by atoms with Crippen LogP contribution in [0.3, 0.4) is 0 Å². The van der Waals surface area contributed by atoms with Crippen molar-refractivity contribution in [1.29, 1.82) is 0 Å². The van der Waals surface area contributed by atoms with Gasteiger partial charge in [0.05, 0.1) is 16.3 Å². The molecule has 0 fully saturated rings. The fraction of sp³-hybridized carbons (Fsp3) is 0.158. The summed E-state index contributed by atoms with van der Waals surface area (Å²) in [6.45, 7) is 1.22. The Balaban J connectivity index is 1.62. The van der Waals surface area contributed by atoms with Crippen LogP contribution in [0.1, 0.15) is 10.4 Å². The first-order valence-electron chi connectivity index (χ1n) is 7.99. The van der Waals surface area contributed by atoms with Crippen molar-refractivity contribution in [3.05, 3.63) is 77.6 Å². The van der Waals surface area contributed by atoms with Gasteiger partial charge in [-0.1, -0.05) is 29.8 Å². The minimum absolute atomic E-state index is 0.194. The van der Waals surface area contributed by atoms with Crippen molar-refractivity contribution in [3.8, 4) is 5.69 Å². The summed E-state index contributed by atoms with van der Waals surface area (Å²) in [5.41, 5.74) is 2.34. The number of anilines is 1. The van der Waals surface area contributed by atoms with Gasteiger partial charge in [-0.2, -0.15) is 5.10 Å². The van der Waals surface area contributed by atoms with Gasteiger partial charge in [-0.3, -0.25) is 4.79 Å². The first-order chi connectivity index (χ1) is 12.1. The Bertz CT molecular complexity index is 834. The first kappa shape index (κ1) is 17.0. The molecule has 0 spiro atoms. The minimum Gasteiger partial charge on any atom is -0.373 e. The van der Waals surface area contributed by atoms with Crippen LogP contribution in [0.15, 0.2) is 67.0 Å². The molecule has 1 N–H and O–H groups in total. The van der Waals surface area contributed by atoms with Crippen LogP contribution in [0, 0.1) is 0 Å². The number of hydrogen-bond acceptors (Lipinski definition) is 3. The van der Waals surface area contributed by atoms with Crippen molar-refractivity contribution in [1.82, 2.24) is 15.1 Å². The average molecular weight is 355 g/mol. The minimum atomic E-state index is -0.194. The summed E-state index contributed by atoms with van der Waals surface area (Å²) in [6.07, 6.45) is 3.51. The SMILES string of the molecule is CN(CCNC(=O)c1cc(-n2cccn2)ccc1Cl)c1ccccc1. The maximum atomic E-state index is 12.5. The molecule has 0 saturated carbocycles. The van der Waals surface area contributed by atoms with Crippen molar-refractivity contribution in [2.75, 3.05) is 25.0 Å². The Hall–Kier alpha value is -2.79. The van der Waals surface area contributed by atoms with Crippen molar-refractivity contribution in [3.63, 3.8) is 0 Å². The highest BCUT2D eigenvalue weighted by Crippen LogP contribution is 2.19. The third kappa shape index (κ3) is 4.19. The number of hydrogen-bond donors (Lipinski definition) is 1. The number of aromatic nitrogens is 2. The average Bonchev–Trinajstić information content (AvgIpc) is 3.17. The number of rotatable bonds is 6. The van der Waals surface area contributed by atoms with Crippen LogP contribution < -0.4 is 10.2 Å². The van der Waals surface area contributed by atoms with Gasteiger partial charge in [0.2, 0.25) is 0 Å². The molecule has 6 heteroatoms. The van der Waals surface area contributed by atoms with Gasteiger partial charge in [-0.15, -0.1) is 0 Å². The summed E-state index contributed by atoms with van der Waals surface area (Å²) in [5.74, 6) is -0.194. The molecule has 25 heavy (non-hydrogen) atoms. The Kier molecular flexibility index (Phi) is 5.36. The van der Waals surface area contributed by atoms with E-state index in [1.165, 1.54) is 0 Å². The van der Waals surface area contributed by atoms with Crippen LogP contribution >= 0.6 is 11.6 Å². The van der Waals surface area contributed by atoms with Crippen molar-refractivity contribution in [2.24, 2.45) is 0 Å². The topological polar surface area (TPSA) is 50.2 Å². The molecular formula is C19H19ClN4O. The molecule has 0 saturated heterocycles. The zero-order valence-electron chi connectivity index (χ0n) is 13.9. The highest BCUT2D eigenvalue weighted by atomic mass is 35.5. The molecule has 1 aromatic heterocycles. The van der Waals surface area contributed by atoms with Gasteiger partial charge in [0.25, 0.3) is 5.91 Å². The van der Waals surface area contributed by atoms with Gasteiger partial charge in [0, 0.05) is 38.2 Å². The summed E-state index contributed by atoms with van der Waals surface area (Å²) in [6, 6.07) is 17.1. The van der Waals surface area contributed by atoms with Gasteiger partial charge in [-0.25, -0.2) is 4.68 Å². The smallest absolute Gasteiger partial charge is 0.252 e. The number of benzene rings is 2. The molecule has 2 aromatic carbocycles. The lowest BCUT2D eigenvalue weighted by Crippen LogP contribution is -2.33. The van der Waals surface area contributed by atoms with Crippen LogP contribution in [0.25, 0.3) is 5.69 Å². The number of nitrogens with one attached hydrogen (secondary N) is 1. The van der Waals surface area contributed by atoms with E-state index >= 15 is 0 Å². The predicted octanol–water partition coefficient (Wildman–Crippen LogP) is 3.39. The maximum absolute atomic E-state index is 12.5. The van der Waals surface area contributed by atoms with Gasteiger partial charge in [0.1, 0.15) is 0 Å². The molecule has 0 radical (unpaired) electrons. The largest absolute Gasteiger partial charge is 0.373 e. The van der Waals surface area contributed by atoms with Crippen LogP contribution in [0.5, 0.6) is 0 Å². The van der Waals surface area contributed by atoms with E-state index in [0.29, 0.717) is 23.7 Å². The zero-order valence-corrected chi connectivity index (χ0v) is 14.6. The van der Waals surface area contributed by atoms with E-state index in [1.807, 2.05) is 55.7 Å². The lowest BCUT2D eigenvalue weighted by molar-refractivity contribution is 0.0955. The zero-order chi connectivity index (χ0) is 17.6. The van der Waals surface area contributed by atoms with Crippen LogP contribution in [-0.2, 0) is 0 Å². The number of carbonyl (C=O) groups is 1. The highest BCUT2D eigenvalue weighted by Gasteiger charge is 2.12. The Morgan fingerprint density at radius 2 is 2.00 bits per heavy atom.